The Kier molecular flexibility index (Phi) is 3.64. The van der Waals surface area contributed by atoms with Gasteiger partial charge in [-0.05, 0) is 18.1 Å². The lowest BCUT2D eigenvalue weighted by molar-refractivity contribution is 0.0970. The van der Waals surface area contributed by atoms with Crippen molar-refractivity contribution in [3.8, 4) is 11.1 Å². The molecule has 114 valence electrons. The maximum atomic E-state index is 6.11. The van der Waals surface area contributed by atoms with Gasteiger partial charge >= 0.3 is 0 Å². The number of aromatic amines is 1. The lowest BCUT2D eigenvalue weighted by atomic mass is 9.99. The van der Waals surface area contributed by atoms with Crippen molar-refractivity contribution in [2.45, 2.75) is 19.4 Å². The van der Waals surface area contributed by atoms with Crippen molar-refractivity contribution < 1.29 is 4.74 Å². The number of rotatable bonds is 4. The lowest BCUT2D eigenvalue weighted by Crippen LogP contribution is -2.11. The molecule has 0 aliphatic carbocycles. The molecular formula is C15H18N6O. The van der Waals surface area contributed by atoms with Crippen molar-refractivity contribution in [3.63, 3.8) is 0 Å². The quantitative estimate of drug-likeness (QED) is 0.680. The van der Waals surface area contributed by atoms with E-state index in [4.69, 9.17) is 16.2 Å². The van der Waals surface area contributed by atoms with Gasteiger partial charge in [0.05, 0.1) is 23.5 Å². The van der Waals surface area contributed by atoms with Crippen LogP contribution in [-0.4, -0.2) is 27.3 Å². The number of aromatic nitrogens is 4. The molecule has 0 spiro atoms. The molecule has 7 heteroatoms. The first-order chi connectivity index (χ1) is 10.6. The summed E-state index contributed by atoms with van der Waals surface area (Å²) in [5.41, 5.74) is 15.1. The highest BCUT2D eigenvalue weighted by Crippen LogP contribution is 2.35. The summed E-state index contributed by atoms with van der Waals surface area (Å²) < 4.78 is 5.51. The van der Waals surface area contributed by atoms with Crippen molar-refractivity contribution in [2.75, 3.05) is 18.6 Å². The molecule has 3 aromatic rings. The SMILES string of the molecule is CCC(OC)c1nc(N)nc(N)c1-c1ccc2cn[nH]c2c1. The molecule has 3 rings (SSSR count). The molecule has 0 fully saturated rings. The highest BCUT2D eigenvalue weighted by molar-refractivity contribution is 5.87. The molecular weight excluding hydrogens is 280 g/mol. The fourth-order valence-corrected chi connectivity index (χ4v) is 2.61. The minimum absolute atomic E-state index is 0.148. The molecule has 0 aliphatic rings. The number of anilines is 2. The van der Waals surface area contributed by atoms with Gasteiger partial charge in [-0.3, -0.25) is 5.10 Å². The van der Waals surface area contributed by atoms with E-state index >= 15 is 0 Å². The van der Waals surface area contributed by atoms with Gasteiger partial charge in [-0.2, -0.15) is 10.1 Å². The Labute approximate surface area is 127 Å². The second-order valence-corrected chi connectivity index (χ2v) is 5.03. The van der Waals surface area contributed by atoms with Crippen LogP contribution in [0.3, 0.4) is 0 Å². The smallest absolute Gasteiger partial charge is 0.222 e. The standard InChI is InChI=1S/C15H18N6O/c1-3-11(22-2)13-12(14(16)20-15(17)19-13)8-4-5-9-7-18-21-10(9)6-8/h4-7,11H,3H2,1-2H3,(H,18,21)(H4,16,17,19,20). The third kappa shape index (κ3) is 2.35. The van der Waals surface area contributed by atoms with Crippen LogP contribution in [0.2, 0.25) is 0 Å². The summed E-state index contributed by atoms with van der Waals surface area (Å²) in [4.78, 5) is 8.45. The summed E-state index contributed by atoms with van der Waals surface area (Å²) >= 11 is 0. The molecule has 0 saturated carbocycles. The van der Waals surface area contributed by atoms with E-state index < -0.39 is 0 Å². The zero-order valence-corrected chi connectivity index (χ0v) is 12.5. The minimum atomic E-state index is -0.194. The van der Waals surface area contributed by atoms with Crippen LogP contribution in [0.15, 0.2) is 24.4 Å². The van der Waals surface area contributed by atoms with E-state index in [1.807, 2.05) is 25.1 Å². The highest BCUT2D eigenvalue weighted by Gasteiger charge is 2.20. The second kappa shape index (κ2) is 5.61. The van der Waals surface area contributed by atoms with E-state index in [1.165, 1.54) is 0 Å². The monoisotopic (exact) mass is 298 g/mol. The van der Waals surface area contributed by atoms with Gasteiger partial charge < -0.3 is 16.2 Å². The van der Waals surface area contributed by atoms with E-state index in [9.17, 15) is 0 Å². The number of benzene rings is 1. The molecule has 0 radical (unpaired) electrons. The van der Waals surface area contributed by atoms with E-state index in [2.05, 4.69) is 20.2 Å². The van der Waals surface area contributed by atoms with Crippen LogP contribution >= 0.6 is 0 Å². The minimum Gasteiger partial charge on any atom is -0.383 e. The van der Waals surface area contributed by atoms with Gasteiger partial charge in [0.1, 0.15) is 5.82 Å². The third-order valence-electron chi connectivity index (χ3n) is 3.67. The zero-order chi connectivity index (χ0) is 15.7. The largest absolute Gasteiger partial charge is 0.383 e. The van der Waals surface area contributed by atoms with Crippen LogP contribution < -0.4 is 11.5 Å². The Morgan fingerprint density at radius 1 is 1.27 bits per heavy atom. The van der Waals surface area contributed by atoms with Crippen molar-refractivity contribution in [1.82, 2.24) is 20.2 Å². The number of nitrogens with one attached hydrogen (secondary N) is 1. The topological polar surface area (TPSA) is 116 Å². The predicted molar refractivity (Wildman–Crippen MR) is 86.0 cm³/mol. The Morgan fingerprint density at radius 3 is 2.82 bits per heavy atom. The first-order valence-electron chi connectivity index (χ1n) is 7.03. The molecule has 0 aliphatic heterocycles. The first-order valence-corrected chi connectivity index (χ1v) is 7.03. The van der Waals surface area contributed by atoms with Crippen LogP contribution in [0.1, 0.15) is 25.1 Å². The molecule has 1 atom stereocenters. The van der Waals surface area contributed by atoms with Gasteiger partial charge in [-0.1, -0.05) is 19.1 Å². The Bertz CT molecular complexity index is 809. The summed E-state index contributed by atoms with van der Waals surface area (Å²) in [6.07, 6.45) is 2.33. The van der Waals surface area contributed by atoms with Gasteiger partial charge in [-0.15, -0.1) is 0 Å². The summed E-state index contributed by atoms with van der Waals surface area (Å²) in [7, 11) is 1.64. The maximum absolute atomic E-state index is 6.11. The van der Waals surface area contributed by atoms with E-state index in [0.29, 0.717) is 11.5 Å². The number of ether oxygens (including phenoxy) is 1. The number of nitrogens with zero attached hydrogens (tertiary/aromatic N) is 3. The summed E-state index contributed by atoms with van der Waals surface area (Å²) in [6.45, 7) is 2.02. The molecule has 1 unspecified atom stereocenters. The van der Waals surface area contributed by atoms with Crippen LogP contribution in [0.4, 0.5) is 11.8 Å². The third-order valence-corrected chi connectivity index (χ3v) is 3.67. The molecule has 2 heterocycles. The van der Waals surface area contributed by atoms with Gasteiger partial charge in [0.2, 0.25) is 5.95 Å². The van der Waals surface area contributed by atoms with Gasteiger partial charge in [0.15, 0.2) is 0 Å². The number of H-pyrrole nitrogens is 1. The fraction of sp³-hybridized carbons (Fsp3) is 0.267. The van der Waals surface area contributed by atoms with Crippen molar-refractivity contribution >= 4 is 22.7 Å². The number of nitrogen functional groups attached to an aromatic ring is 2. The van der Waals surface area contributed by atoms with E-state index in [1.54, 1.807) is 13.3 Å². The average molecular weight is 298 g/mol. The molecule has 22 heavy (non-hydrogen) atoms. The number of hydrogen-bond acceptors (Lipinski definition) is 6. The van der Waals surface area contributed by atoms with Crippen molar-refractivity contribution in [1.29, 1.82) is 0 Å². The van der Waals surface area contributed by atoms with Crippen molar-refractivity contribution in [2.24, 2.45) is 0 Å². The Balaban J connectivity index is 2.23. The maximum Gasteiger partial charge on any atom is 0.222 e. The van der Waals surface area contributed by atoms with Gasteiger partial charge in [0, 0.05) is 18.1 Å². The Morgan fingerprint density at radius 2 is 2.09 bits per heavy atom. The molecule has 0 saturated heterocycles. The zero-order valence-electron chi connectivity index (χ0n) is 12.5. The van der Waals surface area contributed by atoms with E-state index in [-0.39, 0.29) is 12.1 Å². The van der Waals surface area contributed by atoms with Crippen LogP contribution in [0.5, 0.6) is 0 Å². The summed E-state index contributed by atoms with van der Waals surface area (Å²) in [5, 5.41) is 8.01. The highest BCUT2D eigenvalue weighted by atomic mass is 16.5. The summed E-state index contributed by atoms with van der Waals surface area (Å²) in [6, 6.07) is 5.91. The number of fused-ring (bicyclic) bond motifs is 1. The molecule has 2 aromatic heterocycles. The van der Waals surface area contributed by atoms with Crippen LogP contribution in [0, 0.1) is 0 Å². The molecule has 0 bridgehead atoms. The van der Waals surface area contributed by atoms with Gasteiger partial charge in [-0.25, -0.2) is 4.98 Å². The Hall–Kier alpha value is -2.67. The molecule has 7 nitrogen and oxygen atoms in total. The predicted octanol–water partition coefficient (Wildman–Crippen LogP) is 2.28. The summed E-state index contributed by atoms with van der Waals surface area (Å²) in [5.74, 6) is 0.492. The number of hydrogen-bond donors (Lipinski definition) is 3. The average Bonchev–Trinajstić information content (AvgIpc) is 2.95. The van der Waals surface area contributed by atoms with E-state index in [0.717, 1.165) is 28.5 Å². The number of nitrogens with two attached hydrogens (primary N) is 2. The lowest BCUT2D eigenvalue weighted by Gasteiger charge is -2.18. The van der Waals surface area contributed by atoms with Gasteiger partial charge in [0.25, 0.3) is 0 Å². The second-order valence-electron chi connectivity index (χ2n) is 5.03. The first kappa shape index (κ1) is 14.3. The molecule has 5 N–H and O–H groups in total. The molecule has 1 aromatic carbocycles. The normalized spacial score (nSPS) is 12.6. The van der Waals surface area contributed by atoms with Crippen LogP contribution in [-0.2, 0) is 4.74 Å². The van der Waals surface area contributed by atoms with Crippen LogP contribution in [0.25, 0.3) is 22.0 Å². The molecule has 0 amide bonds. The van der Waals surface area contributed by atoms with Crippen molar-refractivity contribution in [3.05, 3.63) is 30.1 Å². The fourth-order valence-electron chi connectivity index (χ4n) is 2.61. The number of methoxy groups -OCH3 is 1.